The van der Waals surface area contributed by atoms with E-state index in [1.54, 1.807) is 0 Å². The van der Waals surface area contributed by atoms with Crippen LogP contribution in [-0.2, 0) is 13.0 Å². The molecular weight excluding hydrogens is 266 g/mol. The number of rotatable bonds is 6. The molecule has 0 amide bonds. The summed E-state index contributed by atoms with van der Waals surface area (Å²) in [6.45, 7) is 1.30. The Morgan fingerprint density at radius 1 is 1.32 bits per heavy atom. The van der Waals surface area contributed by atoms with E-state index in [1.807, 2.05) is 24.3 Å². The van der Waals surface area contributed by atoms with Gasteiger partial charge in [-0.2, -0.15) is 0 Å². The van der Waals surface area contributed by atoms with Gasteiger partial charge in [-0.1, -0.05) is 23.7 Å². The number of hydrogen-bond acceptors (Lipinski definition) is 3. The number of furan rings is 1. The molecule has 0 fully saturated rings. The highest BCUT2D eigenvalue weighted by molar-refractivity contribution is 6.30. The average molecular weight is 280 g/mol. The van der Waals surface area contributed by atoms with Crippen LogP contribution in [0.1, 0.15) is 21.7 Å². The lowest BCUT2D eigenvalue weighted by atomic mass is 10.1. The maximum atomic E-state index is 10.7. The molecule has 0 saturated heterocycles. The van der Waals surface area contributed by atoms with Crippen molar-refractivity contribution in [2.45, 2.75) is 13.0 Å². The number of carboxylic acid groups (broad SMARTS) is 1. The molecule has 0 bridgehead atoms. The third kappa shape index (κ3) is 4.12. The van der Waals surface area contributed by atoms with Crippen molar-refractivity contribution in [1.29, 1.82) is 0 Å². The average Bonchev–Trinajstić information content (AvgIpc) is 2.86. The highest BCUT2D eigenvalue weighted by Crippen LogP contribution is 2.10. The fourth-order valence-electron chi connectivity index (χ4n) is 1.68. The third-order valence-electron chi connectivity index (χ3n) is 2.70. The first-order valence-electron chi connectivity index (χ1n) is 5.91. The van der Waals surface area contributed by atoms with Crippen molar-refractivity contribution in [3.05, 3.63) is 58.5 Å². The van der Waals surface area contributed by atoms with Crippen molar-refractivity contribution in [1.82, 2.24) is 5.32 Å². The maximum Gasteiger partial charge on any atom is 0.338 e. The molecule has 0 aliphatic heterocycles. The van der Waals surface area contributed by atoms with Crippen LogP contribution in [0.2, 0.25) is 5.02 Å². The number of carbonyl (C=O) groups is 1. The Hall–Kier alpha value is -1.78. The predicted octanol–water partition coefficient (Wildman–Crippen LogP) is 2.96. The quantitative estimate of drug-likeness (QED) is 0.798. The van der Waals surface area contributed by atoms with Gasteiger partial charge in [-0.3, -0.25) is 0 Å². The van der Waals surface area contributed by atoms with Gasteiger partial charge < -0.3 is 14.8 Å². The molecule has 0 radical (unpaired) electrons. The molecule has 2 aromatic rings. The summed E-state index contributed by atoms with van der Waals surface area (Å²) in [7, 11) is 0. The van der Waals surface area contributed by atoms with Gasteiger partial charge >= 0.3 is 5.97 Å². The zero-order valence-electron chi connectivity index (χ0n) is 10.2. The van der Waals surface area contributed by atoms with Crippen molar-refractivity contribution in [3.8, 4) is 0 Å². The predicted molar refractivity (Wildman–Crippen MR) is 72.5 cm³/mol. The summed E-state index contributed by atoms with van der Waals surface area (Å²) >= 11 is 5.80. The Labute approximate surface area is 116 Å². The third-order valence-corrected chi connectivity index (χ3v) is 2.96. The van der Waals surface area contributed by atoms with Crippen molar-refractivity contribution in [3.63, 3.8) is 0 Å². The van der Waals surface area contributed by atoms with Crippen LogP contribution >= 0.6 is 11.6 Å². The molecule has 0 spiro atoms. The Bertz CT molecular complexity index is 548. The minimum atomic E-state index is -0.976. The van der Waals surface area contributed by atoms with Crippen LogP contribution in [-0.4, -0.2) is 17.6 Å². The summed E-state index contributed by atoms with van der Waals surface area (Å²) in [5.74, 6) is -0.357. The molecule has 4 nitrogen and oxygen atoms in total. The van der Waals surface area contributed by atoms with Crippen LogP contribution in [0.4, 0.5) is 0 Å². The van der Waals surface area contributed by atoms with E-state index in [2.05, 4.69) is 5.32 Å². The van der Waals surface area contributed by atoms with Gasteiger partial charge in [0, 0.05) is 5.02 Å². The van der Waals surface area contributed by atoms with Gasteiger partial charge in [0.2, 0.25) is 0 Å². The lowest BCUT2D eigenvalue weighted by Gasteiger charge is -2.03. The van der Waals surface area contributed by atoms with Gasteiger partial charge in [0.1, 0.15) is 12.0 Å². The monoisotopic (exact) mass is 279 g/mol. The van der Waals surface area contributed by atoms with E-state index in [-0.39, 0.29) is 5.56 Å². The summed E-state index contributed by atoms with van der Waals surface area (Å²) in [6, 6.07) is 9.22. The molecule has 1 aromatic heterocycles. The van der Waals surface area contributed by atoms with E-state index >= 15 is 0 Å². The molecule has 100 valence electrons. The molecule has 1 aromatic carbocycles. The fourth-order valence-corrected chi connectivity index (χ4v) is 1.81. The summed E-state index contributed by atoms with van der Waals surface area (Å²) in [5, 5.41) is 12.7. The van der Waals surface area contributed by atoms with Gasteiger partial charge in [-0.15, -0.1) is 0 Å². The molecule has 2 rings (SSSR count). The summed E-state index contributed by atoms with van der Waals surface area (Å²) < 4.78 is 5.13. The Kier molecular flexibility index (Phi) is 4.60. The van der Waals surface area contributed by atoms with Crippen LogP contribution < -0.4 is 5.32 Å². The SMILES string of the molecule is O=C(O)c1coc(CNCCc2ccc(Cl)cc2)c1. The number of benzene rings is 1. The van der Waals surface area contributed by atoms with Gasteiger partial charge in [0.05, 0.1) is 12.1 Å². The topological polar surface area (TPSA) is 62.5 Å². The second-order valence-electron chi connectivity index (χ2n) is 4.16. The summed E-state index contributed by atoms with van der Waals surface area (Å²) in [5.41, 5.74) is 1.37. The zero-order chi connectivity index (χ0) is 13.7. The van der Waals surface area contributed by atoms with Crippen molar-refractivity contribution < 1.29 is 14.3 Å². The van der Waals surface area contributed by atoms with Crippen LogP contribution in [0.15, 0.2) is 41.0 Å². The van der Waals surface area contributed by atoms with Crippen molar-refractivity contribution in [2.75, 3.05) is 6.54 Å². The summed E-state index contributed by atoms with van der Waals surface area (Å²) in [6.07, 6.45) is 2.13. The van der Waals surface area contributed by atoms with E-state index in [9.17, 15) is 4.79 Å². The minimum Gasteiger partial charge on any atom is -0.478 e. The lowest BCUT2D eigenvalue weighted by molar-refractivity contribution is 0.0696. The smallest absolute Gasteiger partial charge is 0.338 e. The van der Waals surface area contributed by atoms with E-state index < -0.39 is 5.97 Å². The highest BCUT2D eigenvalue weighted by Gasteiger charge is 2.07. The van der Waals surface area contributed by atoms with Crippen LogP contribution in [0.3, 0.4) is 0 Å². The first-order chi connectivity index (χ1) is 9.15. The largest absolute Gasteiger partial charge is 0.478 e. The van der Waals surface area contributed by atoms with Crippen LogP contribution in [0.5, 0.6) is 0 Å². The van der Waals surface area contributed by atoms with Crippen molar-refractivity contribution in [2.24, 2.45) is 0 Å². The number of aromatic carboxylic acids is 1. The maximum absolute atomic E-state index is 10.7. The van der Waals surface area contributed by atoms with E-state index in [4.69, 9.17) is 21.1 Å². The van der Waals surface area contributed by atoms with Gasteiger partial charge in [0.15, 0.2) is 0 Å². The van der Waals surface area contributed by atoms with E-state index in [1.165, 1.54) is 17.9 Å². The van der Waals surface area contributed by atoms with Gasteiger partial charge in [-0.05, 0) is 36.7 Å². The molecule has 1 heterocycles. The van der Waals surface area contributed by atoms with Gasteiger partial charge in [-0.25, -0.2) is 4.79 Å². The molecule has 19 heavy (non-hydrogen) atoms. The minimum absolute atomic E-state index is 0.175. The Balaban J connectivity index is 1.74. The molecule has 0 aliphatic rings. The molecule has 0 aliphatic carbocycles. The number of hydrogen-bond donors (Lipinski definition) is 2. The second-order valence-corrected chi connectivity index (χ2v) is 4.60. The highest BCUT2D eigenvalue weighted by atomic mass is 35.5. The van der Waals surface area contributed by atoms with Crippen molar-refractivity contribution >= 4 is 17.6 Å². The van der Waals surface area contributed by atoms with Gasteiger partial charge in [0.25, 0.3) is 0 Å². The summed E-state index contributed by atoms with van der Waals surface area (Å²) in [4.78, 5) is 10.7. The fraction of sp³-hybridized carbons (Fsp3) is 0.214. The first kappa shape index (κ1) is 13.6. The normalized spacial score (nSPS) is 10.6. The Morgan fingerprint density at radius 3 is 2.68 bits per heavy atom. The number of nitrogens with one attached hydrogen (secondary N) is 1. The lowest BCUT2D eigenvalue weighted by Crippen LogP contribution is -2.16. The molecule has 5 heteroatoms. The van der Waals surface area contributed by atoms with E-state index in [0.29, 0.717) is 12.3 Å². The molecular formula is C14H14ClNO3. The van der Waals surface area contributed by atoms with Crippen LogP contribution in [0, 0.1) is 0 Å². The Morgan fingerprint density at radius 2 is 2.05 bits per heavy atom. The van der Waals surface area contributed by atoms with E-state index in [0.717, 1.165) is 18.0 Å². The van der Waals surface area contributed by atoms with Crippen LogP contribution in [0.25, 0.3) is 0 Å². The first-order valence-corrected chi connectivity index (χ1v) is 6.29. The molecule has 0 unspecified atom stereocenters. The number of carboxylic acids is 1. The molecule has 0 atom stereocenters. The standard InChI is InChI=1S/C14H14ClNO3/c15-12-3-1-10(2-4-12)5-6-16-8-13-7-11(9-19-13)14(17)18/h1-4,7,9,16H,5-6,8H2,(H,17,18). The second kappa shape index (κ2) is 6.41. The zero-order valence-corrected chi connectivity index (χ0v) is 11.0. The number of halogens is 1. The molecule has 2 N–H and O–H groups in total. The molecule has 0 saturated carbocycles.